The van der Waals surface area contributed by atoms with Crippen LogP contribution < -0.4 is 20.3 Å². The van der Waals surface area contributed by atoms with Crippen LogP contribution in [-0.4, -0.2) is 55.6 Å². The summed E-state index contributed by atoms with van der Waals surface area (Å²) in [5.41, 5.74) is 2.35. The van der Waals surface area contributed by atoms with Crippen molar-refractivity contribution in [2.24, 2.45) is 4.99 Å². The Morgan fingerprint density at radius 3 is 2.89 bits per heavy atom. The molecule has 1 aromatic heterocycles. The summed E-state index contributed by atoms with van der Waals surface area (Å²) in [5.74, 6) is 1.79. The van der Waals surface area contributed by atoms with E-state index in [1.54, 1.807) is 7.11 Å². The summed E-state index contributed by atoms with van der Waals surface area (Å²) in [6, 6.07) is 8.56. The third kappa shape index (κ3) is 6.02. The fourth-order valence-corrected chi connectivity index (χ4v) is 3.41. The molecule has 0 radical (unpaired) electrons. The van der Waals surface area contributed by atoms with Gasteiger partial charge in [-0.2, -0.15) is 5.10 Å². The van der Waals surface area contributed by atoms with Gasteiger partial charge in [-0.1, -0.05) is 12.1 Å². The number of rotatable bonds is 7. The van der Waals surface area contributed by atoms with Crippen LogP contribution in [0.3, 0.4) is 0 Å². The zero-order valence-electron chi connectivity index (χ0n) is 16.9. The molecule has 7 nitrogen and oxygen atoms in total. The fraction of sp³-hybridized carbons (Fsp3) is 0.500. The number of methoxy groups -OCH3 is 1. The van der Waals surface area contributed by atoms with Crippen molar-refractivity contribution in [2.45, 2.75) is 32.4 Å². The standard InChI is InChI=1S/C20H30N6O.HI/c1-16-13-23-26(14-16)11-6-10-22-20(21-2)24-17-9-12-25(15-17)18-7-4-5-8-19(18)27-3;/h4-5,7-8,13-14,17H,6,9-12,15H2,1-3H3,(H2,21,22,24);1H. The van der Waals surface area contributed by atoms with Gasteiger partial charge in [0.25, 0.3) is 0 Å². The van der Waals surface area contributed by atoms with Gasteiger partial charge in [0.15, 0.2) is 5.96 Å². The van der Waals surface area contributed by atoms with Crippen molar-refractivity contribution >= 4 is 35.6 Å². The maximum Gasteiger partial charge on any atom is 0.191 e. The van der Waals surface area contributed by atoms with Crippen LogP contribution in [0.2, 0.25) is 0 Å². The summed E-state index contributed by atoms with van der Waals surface area (Å²) >= 11 is 0. The molecule has 2 aromatic rings. The number of aromatic nitrogens is 2. The summed E-state index contributed by atoms with van der Waals surface area (Å²) in [6.45, 7) is 5.77. The van der Waals surface area contributed by atoms with E-state index >= 15 is 0 Å². The Morgan fingerprint density at radius 1 is 1.36 bits per heavy atom. The minimum atomic E-state index is 0. The summed E-state index contributed by atoms with van der Waals surface area (Å²) in [5, 5.41) is 11.3. The molecular weight excluding hydrogens is 467 g/mol. The lowest BCUT2D eigenvalue weighted by Gasteiger charge is -2.22. The lowest BCUT2D eigenvalue weighted by atomic mass is 10.2. The highest BCUT2D eigenvalue weighted by atomic mass is 127. The average molecular weight is 498 g/mol. The number of para-hydroxylation sites is 2. The van der Waals surface area contributed by atoms with Crippen molar-refractivity contribution in [1.82, 2.24) is 20.4 Å². The second-order valence-corrected chi connectivity index (χ2v) is 6.88. The summed E-state index contributed by atoms with van der Waals surface area (Å²) in [4.78, 5) is 6.73. The molecule has 0 aliphatic carbocycles. The van der Waals surface area contributed by atoms with Crippen LogP contribution in [0.1, 0.15) is 18.4 Å². The molecule has 2 N–H and O–H groups in total. The van der Waals surface area contributed by atoms with E-state index in [2.05, 4.69) is 50.9 Å². The van der Waals surface area contributed by atoms with Gasteiger partial charge < -0.3 is 20.3 Å². The number of hydrogen-bond acceptors (Lipinski definition) is 4. The fourth-order valence-electron chi connectivity index (χ4n) is 3.41. The molecule has 0 saturated carbocycles. The number of aliphatic imine (C=N–C) groups is 1. The highest BCUT2D eigenvalue weighted by molar-refractivity contribution is 14.0. The third-order valence-corrected chi connectivity index (χ3v) is 4.80. The lowest BCUT2D eigenvalue weighted by molar-refractivity contribution is 0.415. The number of nitrogens with one attached hydrogen (secondary N) is 2. The first-order chi connectivity index (χ1) is 13.2. The van der Waals surface area contributed by atoms with Crippen molar-refractivity contribution in [3.8, 4) is 5.75 Å². The molecule has 28 heavy (non-hydrogen) atoms. The van der Waals surface area contributed by atoms with Crippen molar-refractivity contribution in [2.75, 3.05) is 38.7 Å². The Morgan fingerprint density at radius 2 is 2.18 bits per heavy atom. The van der Waals surface area contributed by atoms with E-state index in [9.17, 15) is 0 Å². The number of guanidine groups is 1. The van der Waals surface area contributed by atoms with E-state index in [4.69, 9.17) is 4.74 Å². The van der Waals surface area contributed by atoms with Crippen LogP contribution >= 0.6 is 24.0 Å². The van der Waals surface area contributed by atoms with Crippen molar-refractivity contribution in [1.29, 1.82) is 0 Å². The van der Waals surface area contributed by atoms with Gasteiger partial charge in [-0.05, 0) is 37.5 Å². The van der Waals surface area contributed by atoms with Gasteiger partial charge in [-0.15, -0.1) is 24.0 Å². The second-order valence-electron chi connectivity index (χ2n) is 6.88. The monoisotopic (exact) mass is 498 g/mol. The Hall–Kier alpha value is -1.97. The van der Waals surface area contributed by atoms with Crippen LogP contribution in [0.25, 0.3) is 0 Å². The van der Waals surface area contributed by atoms with E-state index in [-0.39, 0.29) is 24.0 Å². The van der Waals surface area contributed by atoms with Crippen LogP contribution in [0.15, 0.2) is 41.7 Å². The number of hydrogen-bond donors (Lipinski definition) is 2. The number of aryl methyl sites for hydroxylation is 2. The molecule has 0 amide bonds. The maximum atomic E-state index is 5.49. The molecule has 2 heterocycles. The minimum Gasteiger partial charge on any atom is -0.495 e. The number of nitrogens with zero attached hydrogens (tertiary/aromatic N) is 4. The van der Waals surface area contributed by atoms with Crippen LogP contribution in [0.4, 0.5) is 5.69 Å². The van der Waals surface area contributed by atoms with E-state index in [0.29, 0.717) is 6.04 Å². The van der Waals surface area contributed by atoms with Gasteiger partial charge >= 0.3 is 0 Å². The smallest absolute Gasteiger partial charge is 0.191 e. The second kappa shape index (κ2) is 11.1. The summed E-state index contributed by atoms with van der Waals surface area (Å²) in [7, 11) is 3.54. The van der Waals surface area contributed by atoms with E-state index < -0.39 is 0 Å². The number of benzene rings is 1. The van der Waals surface area contributed by atoms with Gasteiger partial charge in [0.1, 0.15) is 5.75 Å². The molecule has 8 heteroatoms. The quantitative estimate of drug-likeness (QED) is 0.266. The summed E-state index contributed by atoms with van der Waals surface area (Å²) in [6.07, 6.45) is 6.03. The zero-order valence-corrected chi connectivity index (χ0v) is 19.2. The predicted octanol–water partition coefficient (Wildman–Crippen LogP) is 2.65. The highest BCUT2D eigenvalue weighted by Gasteiger charge is 2.25. The van der Waals surface area contributed by atoms with Gasteiger partial charge in [-0.25, -0.2) is 0 Å². The molecule has 1 fully saturated rings. The average Bonchev–Trinajstić information content (AvgIpc) is 3.33. The highest BCUT2D eigenvalue weighted by Crippen LogP contribution is 2.30. The van der Waals surface area contributed by atoms with Gasteiger partial charge in [0.05, 0.1) is 19.0 Å². The van der Waals surface area contributed by atoms with Crippen molar-refractivity contribution < 1.29 is 4.74 Å². The molecule has 1 aliphatic heterocycles. The van der Waals surface area contributed by atoms with Gasteiger partial charge in [0.2, 0.25) is 0 Å². The van der Waals surface area contributed by atoms with Crippen LogP contribution in [0.5, 0.6) is 5.75 Å². The van der Waals surface area contributed by atoms with E-state index in [1.165, 1.54) is 5.56 Å². The Balaban J connectivity index is 0.00000280. The molecule has 1 aliphatic rings. The van der Waals surface area contributed by atoms with Crippen LogP contribution in [-0.2, 0) is 6.54 Å². The van der Waals surface area contributed by atoms with Crippen molar-refractivity contribution in [3.05, 3.63) is 42.2 Å². The molecule has 1 saturated heterocycles. The maximum absolute atomic E-state index is 5.49. The number of anilines is 1. The Bertz CT molecular complexity index is 763. The topological polar surface area (TPSA) is 66.7 Å². The molecule has 1 aromatic carbocycles. The molecule has 0 bridgehead atoms. The van der Waals surface area contributed by atoms with Gasteiger partial charge in [0, 0.05) is 45.5 Å². The SMILES string of the molecule is CN=C(NCCCn1cc(C)cn1)NC1CCN(c2ccccc2OC)C1.I. The molecule has 0 spiro atoms. The molecular formula is C20H31IN6O. The molecule has 1 atom stereocenters. The van der Waals surface area contributed by atoms with Crippen LogP contribution in [0, 0.1) is 6.92 Å². The predicted molar refractivity (Wildman–Crippen MR) is 125 cm³/mol. The normalized spacial score (nSPS) is 16.6. The minimum absolute atomic E-state index is 0. The third-order valence-electron chi connectivity index (χ3n) is 4.80. The van der Waals surface area contributed by atoms with Gasteiger partial charge in [-0.3, -0.25) is 9.67 Å². The molecule has 154 valence electrons. The van der Waals surface area contributed by atoms with E-state index in [0.717, 1.165) is 56.4 Å². The summed E-state index contributed by atoms with van der Waals surface area (Å²) < 4.78 is 7.47. The first kappa shape index (κ1) is 22.3. The first-order valence-corrected chi connectivity index (χ1v) is 9.54. The Kier molecular flexibility index (Phi) is 8.88. The molecule has 1 unspecified atom stereocenters. The van der Waals surface area contributed by atoms with Crippen molar-refractivity contribution in [3.63, 3.8) is 0 Å². The molecule has 3 rings (SSSR count). The lowest BCUT2D eigenvalue weighted by Crippen LogP contribution is -2.45. The van der Waals surface area contributed by atoms with E-state index in [1.807, 2.05) is 30.1 Å². The first-order valence-electron chi connectivity index (χ1n) is 9.54. The number of ether oxygens (including phenoxy) is 1. The Labute approximate surface area is 184 Å². The zero-order chi connectivity index (χ0) is 19.1. The largest absolute Gasteiger partial charge is 0.495 e. The number of halogens is 1.